The lowest BCUT2D eigenvalue weighted by Crippen LogP contribution is -2.38. The first kappa shape index (κ1) is 14.0. The van der Waals surface area contributed by atoms with Crippen LogP contribution in [0.5, 0.6) is 0 Å². The highest BCUT2D eigenvalue weighted by atomic mass is 32.2. The van der Waals surface area contributed by atoms with E-state index in [2.05, 4.69) is 0 Å². The summed E-state index contributed by atoms with van der Waals surface area (Å²) in [5.74, 6) is -0.546. The third-order valence-corrected chi connectivity index (χ3v) is 3.80. The van der Waals surface area contributed by atoms with Crippen LogP contribution in [0.25, 0.3) is 0 Å². The summed E-state index contributed by atoms with van der Waals surface area (Å²) >= 11 is 0. The van der Waals surface area contributed by atoms with Crippen LogP contribution >= 0.6 is 0 Å². The van der Waals surface area contributed by atoms with Gasteiger partial charge in [0, 0.05) is 0 Å². The Morgan fingerprint density at radius 3 is 2.63 bits per heavy atom. The second-order valence-corrected chi connectivity index (χ2v) is 5.84. The molecule has 7 heteroatoms. The fourth-order valence-corrected chi connectivity index (χ4v) is 2.27. The summed E-state index contributed by atoms with van der Waals surface area (Å²) in [5.41, 5.74) is 0.957. The van der Waals surface area contributed by atoms with Crippen molar-refractivity contribution in [2.75, 3.05) is 13.2 Å². The molecule has 0 aliphatic carbocycles. The SMILES string of the molecule is CCc1ccc(S(N)(=O)=O)cc1C(=O)OC1COC1. The van der Waals surface area contributed by atoms with E-state index in [0.29, 0.717) is 19.6 Å². The standard InChI is InChI=1S/C12H15NO5S/c1-2-8-3-4-10(19(13,15)16)5-11(8)12(14)18-9-6-17-7-9/h3-5,9H,2,6-7H2,1H3,(H2,13,15,16). The topological polar surface area (TPSA) is 95.7 Å². The summed E-state index contributed by atoms with van der Waals surface area (Å²) in [5, 5.41) is 5.06. The largest absolute Gasteiger partial charge is 0.454 e. The molecule has 1 aromatic rings. The number of primary sulfonamides is 1. The summed E-state index contributed by atoms with van der Waals surface area (Å²) in [6, 6.07) is 4.22. The fourth-order valence-electron chi connectivity index (χ4n) is 1.73. The molecule has 2 N–H and O–H groups in total. The first-order chi connectivity index (χ1) is 8.91. The molecular formula is C12H15NO5S. The Kier molecular flexibility index (Phi) is 3.88. The van der Waals surface area contributed by atoms with Crippen LogP contribution in [0.1, 0.15) is 22.8 Å². The summed E-state index contributed by atoms with van der Waals surface area (Å²) < 4.78 is 32.7. The zero-order valence-electron chi connectivity index (χ0n) is 10.5. The van der Waals surface area contributed by atoms with Crippen molar-refractivity contribution in [1.82, 2.24) is 0 Å². The molecule has 0 unspecified atom stereocenters. The van der Waals surface area contributed by atoms with Gasteiger partial charge in [-0.3, -0.25) is 0 Å². The minimum atomic E-state index is -3.84. The van der Waals surface area contributed by atoms with Crippen LogP contribution < -0.4 is 5.14 Å². The van der Waals surface area contributed by atoms with E-state index in [1.165, 1.54) is 12.1 Å². The Labute approximate surface area is 111 Å². The first-order valence-corrected chi connectivity index (χ1v) is 7.41. The summed E-state index contributed by atoms with van der Waals surface area (Å²) in [6.45, 7) is 2.62. The van der Waals surface area contributed by atoms with Crippen LogP contribution in [0, 0.1) is 0 Å². The number of benzene rings is 1. The molecule has 0 bridgehead atoms. The van der Waals surface area contributed by atoms with Gasteiger partial charge in [-0.1, -0.05) is 13.0 Å². The van der Waals surface area contributed by atoms with Gasteiger partial charge in [0.2, 0.25) is 10.0 Å². The molecule has 0 amide bonds. The van der Waals surface area contributed by atoms with Gasteiger partial charge in [-0.05, 0) is 24.1 Å². The minimum Gasteiger partial charge on any atom is -0.454 e. The van der Waals surface area contributed by atoms with Gasteiger partial charge in [-0.15, -0.1) is 0 Å². The highest BCUT2D eigenvalue weighted by Crippen LogP contribution is 2.18. The van der Waals surface area contributed by atoms with E-state index in [-0.39, 0.29) is 16.6 Å². The second kappa shape index (κ2) is 5.28. The number of rotatable bonds is 4. The summed E-state index contributed by atoms with van der Waals surface area (Å²) in [6.07, 6.45) is 0.339. The fraction of sp³-hybridized carbons (Fsp3) is 0.417. The van der Waals surface area contributed by atoms with Crippen molar-refractivity contribution < 1.29 is 22.7 Å². The Morgan fingerprint density at radius 1 is 1.47 bits per heavy atom. The molecule has 0 radical (unpaired) electrons. The van der Waals surface area contributed by atoms with E-state index in [0.717, 1.165) is 5.56 Å². The predicted molar refractivity (Wildman–Crippen MR) is 67.2 cm³/mol. The van der Waals surface area contributed by atoms with Crippen molar-refractivity contribution in [3.8, 4) is 0 Å². The predicted octanol–water partition coefficient (Wildman–Crippen LogP) is 0.452. The lowest BCUT2D eigenvalue weighted by Gasteiger charge is -2.26. The first-order valence-electron chi connectivity index (χ1n) is 5.86. The van der Waals surface area contributed by atoms with Crippen LogP contribution in [0.4, 0.5) is 0 Å². The smallest absolute Gasteiger partial charge is 0.338 e. The van der Waals surface area contributed by atoms with Crippen LogP contribution in [0.15, 0.2) is 23.1 Å². The van der Waals surface area contributed by atoms with Gasteiger partial charge in [-0.2, -0.15) is 0 Å². The quantitative estimate of drug-likeness (QED) is 0.810. The minimum absolute atomic E-state index is 0.0958. The second-order valence-electron chi connectivity index (χ2n) is 4.28. The molecule has 1 aromatic carbocycles. The molecule has 1 fully saturated rings. The molecule has 0 aromatic heterocycles. The molecule has 1 aliphatic heterocycles. The van der Waals surface area contributed by atoms with Gasteiger partial charge < -0.3 is 9.47 Å². The maximum absolute atomic E-state index is 12.0. The van der Waals surface area contributed by atoms with Crippen molar-refractivity contribution in [2.45, 2.75) is 24.3 Å². The van der Waals surface area contributed by atoms with Crippen LogP contribution in [-0.2, 0) is 25.9 Å². The van der Waals surface area contributed by atoms with Crippen LogP contribution in [0.3, 0.4) is 0 Å². The number of hydrogen-bond acceptors (Lipinski definition) is 5. The molecular weight excluding hydrogens is 270 g/mol. The van der Waals surface area contributed by atoms with E-state index in [9.17, 15) is 13.2 Å². The van der Waals surface area contributed by atoms with Gasteiger partial charge in [0.1, 0.15) is 6.10 Å². The Hall–Kier alpha value is -1.44. The van der Waals surface area contributed by atoms with Crippen molar-refractivity contribution in [2.24, 2.45) is 5.14 Å². The molecule has 104 valence electrons. The van der Waals surface area contributed by atoms with Gasteiger partial charge >= 0.3 is 5.97 Å². The molecule has 2 rings (SSSR count). The number of ether oxygens (including phenoxy) is 2. The molecule has 6 nitrogen and oxygen atoms in total. The maximum Gasteiger partial charge on any atom is 0.338 e. The molecule has 0 spiro atoms. The number of carbonyl (C=O) groups excluding carboxylic acids is 1. The van der Waals surface area contributed by atoms with Crippen LogP contribution in [0.2, 0.25) is 0 Å². The Balaban J connectivity index is 2.32. The van der Waals surface area contributed by atoms with E-state index in [1.807, 2.05) is 6.92 Å². The Bertz CT molecular complexity index is 592. The third kappa shape index (κ3) is 3.12. The lowest BCUT2D eigenvalue weighted by atomic mass is 10.1. The molecule has 1 heterocycles. The molecule has 0 saturated carbocycles. The average Bonchev–Trinajstić information content (AvgIpc) is 2.31. The van der Waals surface area contributed by atoms with Gasteiger partial charge in [0.25, 0.3) is 0 Å². The summed E-state index contributed by atoms with van der Waals surface area (Å²) in [4.78, 5) is 11.9. The van der Waals surface area contributed by atoms with Crippen molar-refractivity contribution in [3.63, 3.8) is 0 Å². The van der Waals surface area contributed by atoms with E-state index >= 15 is 0 Å². The maximum atomic E-state index is 12.0. The van der Waals surface area contributed by atoms with E-state index in [4.69, 9.17) is 14.6 Å². The average molecular weight is 285 g/mol. The monoisotopic (exact) mass is 285 g/mol. The van der Waals surface area contributed by atoms with Crippen molar-refractivity contribution in [3.05, 3.63) is 29.3 Å². The van der Waals surface area contributed by atoms with E-state index < -0.39 is 16.0 Å². The Morgan fingerprint density at radius 2 is 2.16 bits per heavy atom. The van der Waals surface area contributed by atoms with Gasteiger partial charge in [0.15, 0.2) is 0 Å². The zero-order valence-corrected chi connectivity index (χ0v) is 11.3. The van der Waals surface area contributed by atoms with Gasteiger partial charge in [0.05, 0.1) is 23.7 Å². The molecule has 1 saturated heterocycles. The number of aryl methyl sites for hydroxylation is 1. The number of carbonyl (C=O) groups is 1. The highest BCUT2D eigenvalue weighted by Gasteiger charge is 2.25. The van der Waals surface area contributed by atoms with Gasteiger partial charge in [-0.25, -0.2) is 18.4 Å². The highest BCUT2D eigenvalue weighted by molar-refractivity contribution is 7.89. The number of esters is 1. The third-order valence-electron chi connectivity index (χ3n) is 2.89. The number of hydrogen-bond donors (Lipinski definition) is 1. The van der Waals surface area contributed by atoms with E-state index in [1.54, 1.807) is 6.07 Å². The number of sulfonamides is 1. The number of nitrogens with two attached hydrogens (primary N) is 1. The van der Waals surface area contributed by atoms with Crippen LogP contribution in [-0.4, -0.2) is 33.7 Å². The normalized spacial score (nSPS) is 15.9. The zero-order chi connectivity index (χ0) is 14.0. The molecule has 0 atom stereocenters. The van der Waals surface area contributed by atoms with Crippen molar-refractivity contribution >= 4 is 16.0 Å². The lowest BCUT2D eigenvalue weighted by molar-refractivity contribution is -0.103. The summed E-state index contributed by atoms with van der Waals surface area (Å²) in [7, 11) is -3.84. The van der Waals surface area contributed by atoms with Crippen molar-refractivity contribution in [1.29, 1.82) is 0 Å². The molecule has 19 heavy (non-hydrogen) atoms. The molecule has 1 aliphatic rings.